The first-order valence-electron chi connectivity index (χ1n) is 12.0. The number of carbonyl (C=O) groups excluding carboxylic acids is 2. The summed E-state index contributed by atoms with van der Waals surface area (Å²) in [6.07, 6.45) is -0.720. The summed E-state index contributed by atoms with van der Waals surface area (Å²) in [5.41, 5.74) is -0.726. The molecule has 10 heteroatoms. The minimum atomic E-state index is -1.57. The maximum absolute atomic E-state index is 13.4. The predicted octanol–water partition coefficient (Wildman–Crippen LogP) is 0.630. The summed E-state index contributed by atoms with van der Waals surface area (Å²) < 4.78 is 22.6. The number of allylic oxidation sites excluding steroid dienone is 1. The average Bonchev–Trinajstić information content (AvgIpc) is 3.35. The van der Waals surface area contributed by atoms with Crippen molar-refractivity contribution >= 4 is 11.8 Å². The first-order valence-corrected chi connectivity index (χ1v) is 12.0. The third-order valence-electron chi connectivity index (χ3n) is 8.67. The van der Waals surface area contributed by atoms with Crippen LogP contribution in [0.2, 0.25) is 0 Å². The minimum absolute atomic E-state index is 0.103. The highest BCUT2D eigenvalue weighted by Crippen LogP contribution is 2.63. The molecule has 2 aliphatic carbocycles. The smallest absolute Gasteiger partial charge is 0.310 e. The number of ether oxygens (including phenoxy) is 3. The van der Waals surface area contributed by atoms with Crippen molar-refractivity contribution in [2.24, 2.45) is 22.7 Å². The molecule has 35 heavy (non-hydrogen) atoms. The monoisotopic (exact) mass is 492 g/mol. The highest BCUT2D eigenvalue weighted by atomic mass is 16.7. The molecule has 0 amide bonds. The first-order chi connectivity index (χ1) is 16.6. The number of rotatable bonds is 4. The van der Waals surface area contributed by atoms with Crippen molar-refractivity contribution in [3.8, 4) is 0 Å². The number of fused-ring (bicyclic) bond motifs is 3. The second kappa shape index (κ2) is 8.79. The lowest BCUT2D eigenvalue weighted by Crippen LogP contribution is -2.64. The molecular formula is C25H32O10. The fraction of sp³-hybridized carbons (Fsp3) is 0.680. The molecule has 1 saturated carbocycles. The molecule has 4 N–H and O–H groups in total. The molecule has 1 aromatic rings. The van der Waals surface area contributed by atoms with Gasteiger partial charge < -0.3 is 39.1 Å². The van der Waals surface area contributed by atoms with Gasteiger partial charge in [0.1, 0.15) is 30.5 Å². The number of hydrogen-bond donors (Lipinski definition) is 4. The van der Waals surface area contributed by atoms with Gasteiger partial charge in [-0.3, -0.25) is 9.59 Å². The summed E-state index contributed by atoms with van der Waals surface area (Å²) in [5, 5.41) is 40.3. The van der Waals surface area contributed by atoms with Crippen LogP contribution in [0.5, 0.6) is 0 Å². The van der Waals surface area contributed by atoms with Crippen LogP contribution in [0.25, 0.3) is 0 Å². The second-order valence-electron chi connectivity index (χ2n) is 10.7. The third-order valence-corrected chi connectivity index (χ3v) is 8.67. The predicted molar refractivity (Wildman–Crippen MR) is 117 cm³/mol. The number of hydrogen-bond acceptors (Lipinski definition) is 10. The van der Waals surface area contributed by atoms with E-state index >= 15 is 0 Å². The van der Waals surface area contributed by atoms with Gasteiger partial charge in [0.2, 0.25) is 0 Å². The van der Waals surface area contributed by atoms with Crippen molar-refractivity contribution < 1.29 is 48.6 Å². The Hall–Kier alpha value is -2.08. The van der Waals surface area contributed by atoms with E-state index in [0.29, 0.717) is 19.3 Å². The molecule has 192 valence electrons. The summed E-state index contributed by atoms with van der Waals surface area (Å²) in [6, 6.07) is 1.75. The molecule has 3 heterocycles. The molecule has 2 aliphatic heterocycles. The van der Waals surface area contributed by atoms with E-state index in [4.69, 9.17) is 18.6 Å². The molecule has 0 unspecified atom stereocenters. The SMILES string of the molecule is C[C@@]12C[C@@H](c3ccoc3)OC(=O)[C@@H]1CC[C@]1(C)[C@H]2C(=O)C=C[C@H]1O[C@@H]1O[C@H](CO)[C@@H](O)[C@H](O)[C@H]1O. The molecule has 0 radical (unpaired) electrons. The van der Waals surface area contributed by atoms with Crippen LogP contribution >= 0.6 is 0 Å². The number of cyclic esters (lactones) is 1. The Bertz CT molecular complexity index is 988. The van der Waals surface area contributed by atoms with Crippen molar-refractivity contribution in [3.05, 3.63) is 36.3 Å². The maximum Gasteiger partial charge on any atom is 0.310 e. The Morgan fingerprint density at radius 2 is 1.89 bits per heavy atom. The average molecular weight is 493 g/mol. The van der Waals surface area contributed by atoms with Gasteiger partial charge in [0.15, 0.2) is 12.1 Å². The van der Waals surface area contributed by atoms with Gasteiger partial charge in [-0.1, -0.05) is 19.9 Å². The quantitative estimate of drug-likeness (QED) is 0.440. The van der Waals surface area contributed by atoms with Crippen molar-refractivity contribution in [1.29, 1.82) is 0 Å². The van der Waals surface area contributed by atoms with Crippen LogP contribution in [-0.2, 0) is 23.8 Å². The molecule has 2 saturated heterocycles. The first kappa shape index (κ1) is 24.6. The van der Waals surface area contributed by atoms with E-state index in [1.54, 1.807) is 12.1 Å². The number of carbonyl (C=O) groups is 2. The van der Waals surface area contributed by atoms with Crippen LogP contribution in [0.3, 0.4) is 0 Å². The molecule has 10 nitrogen and oxygen atoms in total. The van der Waals surface area contributed by atoms with Crippen molar-refractivity contribution in [1.82, 2.24) is 0 Å². The number of furan rings is 1. The van der Waals surface area contributed by atoms with E-state index in [0.717, 1.165) is 5.56 Å². The van der Waals surface area contributed by atoms with Gasteiger partial charge in [-0.15, -0.1) is 0 Å². The topological polar surface area (TPSA) is 156 Å². The van der Waals surface area contributed by atoms with Gasteiger partial charge in [0.25, 0.3) is 0 Å². The fourth-order valence-electron chi connectivity index (χ4n) is 6.82. The molecule has 4 aliphatic rings. The van der Waals surface area contributed by atoms with Crippen LogP contribution in [0, 0.1) is 22.7 Å². The summed E-state index contributed by atoms with van der Waals surface area (Å²) in [6.45, 7) is 3.32. The Labute approximate surface area is 202 Å². The van der Waals surface area contributed by atoms with Gasteiger partial charge in [-0.05, 0) is 36.8 Å². The van der Waals surface area contributed by atoms with Gasteiger partial charge >= 0.3 is 5.97 Å². The van der Waals surface area contributed by atoms with Crippen molar-refractivity contribution in [2.75, 3.05) is 6.61 Å². The van der Waals surface area contributed by atoms with E-state index in [9.17, 15) is 30.0 Å². The molecule has 5 rings (SSSR count). The maximum atomic E-state index is 13.4. The van der Waals surface area contributed by atoms with Crippen molar-refractivity contribution in [3.63, 3.8) is 0 Å². The summed E-state index contributed by atoms with van der Waals surface area (Å²) in [4.78, 5) is 26.5. The Morgan fingerprint density at radius 3 is 2.57 bits per heavy atom. The Kier molecular flexibility index (Phi) is 6.18. The van der Waals surface area contributed by atoms with Gasteiger partial charge in [-0.2, -0.15) is 0 Å². The normalized spacial score (nSPS) is 47.7. The highest BCUT2D eigenvalue weighted by molar-refractivity contribution is 5.95. The van der Waals surface area contributed by atoms with Crippen LogP contribution in [0.4, 0.5) is 0 Å². The van der Waals surface area contributed by atoms with Crippen molar-refractivity contribution in [2.45, 2.75) is 76.0 Å². The molecule has 3 fully saturated rings. The standard InChI is InChI=1S/C25H32O10/c1-24-7-5-13-22(31)33-15(12-6-8-32-11-12)9-25(13,2)21(24)14(27)3-4-17(24)35-23-20(30)19(29)18(28)16(10-26)34-23/h3-4,6,8,11,13,15-21,23,26,28-30H,5,7,9-10H2,1-2H3/t13-,15-,16+,17+,18+,19-,20+,21+,23-,24-,25+/m0/s1. The zero-order chi connectivity index (χ0) is 25.1. The molecular weight excluding hydrogens is 460 g/mol. The van der Waals surface area contributed by atoms with E-state index in [1.165, 1.54) is 18.6 Å². The van der Waals surface area contributed by atoms with E-state index in [2.05, 4.69) is 0 Å². The number of ketones is 1. The minimum Gasteiger partial charge on any atom is -0.472 e. The summed E-state index contributed by atoms with van der Waals surface area (Å²) >= 11 is 0. The highest BCUT2D eigenvalue weighted by Gasteiger charge is 2.64. The summed E-state index contributed by atoms with van der Waals surface area (Å²) in [7, 11) is 0. The lowest BCUT2D eigenvalue weighted by Gasteiger charge is -2.59. The fourth-order valence-corrected chi connectivity index (χ4v) is 6.82. The molecule has 1 aromatic heterocycles. The van der Waals surface area contributed by atoms with Crippen LogP contribution in [0.15, 0.2) is 35.2 Å². The summed E-state index contributed by atoms with van der Waals surface area (Å²) in [5.74, 6) is -1.46. The van der Waals surface area contributed by atoms with Gasteiger partial charge in [0.05, 0.1) is 31.2 Å². The van der Waals surface area contributed by atoms with Crippen LogP contribution < -0.4 is 0 Å². The Morgan fingerprint density at radius 1 is 1.11 bits per heavy atom. The number of aliphatic hydroxyl groups excluding tert-OH is 4. The van der Waals surface area contributed by atoms with E-state index < -0.39 is 72.2 Å². The Balaban J connectivity index is 1.45. The zero-order valence-corrected chi connectivity index (χ0v) is 19.6. The third kappa shape index (κ3) is 3.78. The van der Waals surface area contributed by atoms with Gasteiger partial charge in [0, 0.05) is 16.9 Å². The largest absolute Gasteiger partial charge is 0.472 e. The lowest BCUT2D eigenvalue weighted by atomic mass is 9.46. The molecule has 11 atom stereocenters. The van der Waals surface area contributed by atoms with E-state index in [1.807, 2.05) is 13.8 Å². The van der Waals surface area contributed by atoms with Crippen LogP contribution in [0.1, 0.15) is 44.8 Å². The molecule has 0 spiro atoms. The van der Waals surface area contributed by atoms with Crippen LogP contribution in [-0.4, -0.2) is 75.6 Å². The zero-order valence-electron chi connectivity index (χ0n) is 19.6. The molecule has 0 bridgehead atoms. The van der Waals surface area contributed by atoms with E-state index in [-0.39, 0.29) is 11.8 Å². The second-order valence-corrected chi connectivity index (χ2v) is 10.7. The number of esters is 1. The van der Waals surface area contributed by atoms with Gasteiger partial charge in [-0.25, -0.2) is 0 Å². The number of aliphatic hydroxyl groups is 4. The molecule has 0 aromatic carbocycles. The lowest BCUT2D eigenvalue weighted by molar-refractivity contribution is -0.319.